The van der Waals surface area contributed by atoms with E-state index in [1.165, 1.54) is 0 Å². The first-order valence-corrected chi connectivity index (χ1v) is 7.58. The normalized spacial score (nSPS) is 35.4. The van der Waals surface area contributed by atoms with Crippen LogP contribution >= 0.6 is 11.6 Å². The number of carbonyl (C=O) groups excluding carboxylic acids is 1. The number of nitrogens with two attached hydrogens (primary N) is 1. The van der Waals surface area contributed by atoms with Crippen LogP contribution in [0, 0.1) is 16.7 Å². The highest BCUT2D eigenvalue weighted by molar-refractivity contribution is 6.30. The average molecular weight is 304 g/mol. The molecular formula is C16H18ClN3O. The Morgan fingerprint density at radius 2 is 2.24 bits per heavy atom. The third kappa shape index (κ3) is 2.21. The minimum Gasteiger partial charge on any atom is -0.330 e. The number of piperidine rings is 1. The molecule has 1 aromatic carbocycles. The van der Waals surface area contributed by atoms with Crippen LogP contribution in [0.4, 0.5) is 0 Å². The fourth-order valence-electron chi connectivity index (χ4n) is 3.78. The molecule has 2 aliphatic rings. The van der Waals surface area contributed by atoms with E-state index in [4.69, 9.17) is 17.3 Å². The molecule has 0 spiro atoms. The minimum absolute atomic E-state index is 0.0276. The van der Waals surface area contributed by atoms with Crippen molar-refractivity contribution in [1.29, 1.82) is 5.26 Å². The van der Waals surface area contributed by atoms with Gasteiger partial charge in [-0.1, -0.05) is 23.7 Å². The van der Waals surface area contributed by atoms with Gasteiger partial charge in [-0.2, -0.15) is 5.26 Å². The van der Waals surface area contributed by atoms with E-state index < -0.39 is 11.5 Å². The van der Waals surface area contributed by atoms with Crippen LogP contribution in [0.2, 0.25) is 5.02 Å². The molecule has 2 heterocycles. The second-order valence-corrected chi connectivity index (χ2v) is 6.69. The third-order valence-corrected chi connectivity index (χ3v) is 5.06. The first-order chi connectivity index (χ1) is 9.96. The van der Waals surface area contributed by atoms with E-state index in [-0.39, 0.29) is 18.0 Å². The molecule has 21 heavy (non-hydrogen) atoms. The molecule has 4 nitrogen and oxygen atoms in total. The minimum atomic E-state index is -0.592. The van der Waals surface area contributed by atoms with E-state index in [1.807, 2.05) is 36.1 Å². The molecule has 1 amide bonds. The quantitative estimate of drug-likeness (QED) is 0.867. The lowest BCUT2D eigenvalue weighted by Crippen LogP contribution is -2.58. The van der Waals surface area contributed by atoms with Crippen LogP contribution in [0.3, 0.4) is 0 Å². The van der Waals surface area contributed by atoms with Gasteiger partial charge in [-0.15, -0.1) is 0 Å². The Bertz CT molecular complexity index is 626. The van der Waals surface area contributed by atoms with Crippen LogP contribution < -0.4 is 5.73 Å². The number of hydrogen-bond acceptors (Lipinski definition) is 3. The number of nitrogens with zero attached hydrogens (tertiary/aromatic N) is 2. The van der Waals surface area contributed by atoms with E-state index in [1.54, 1.807) is 0 Å². The molecule has 2 fully saturated rings. The molecular weight excluding hydrogens is 286 g/mol. The summed E-state index contributed by atoms with van der Waals surface area (Å²) in [6.07, 6.45) is 2.12. The molecule has 4 atom stereocenters. The van der Waals surface area contributed by atoms with E-state index in [9.17, 15) is 10.1 Å². The zero-order valence-corrected chi connectivity index (χ0v) is 12.7. The monoisotopic (exact) mass is 303 g/mol. The third-order valence-electron chi connectivity index (χ3n) is 4.83. The second kappa shape index (κ2) is 5.01. The lowest BCUT2D eigenvalue weighted by Gasteiger charge is -2.45. The summed E-state index contributed by atoms with van der Waals surface area (Å²) in [6.45, 7) is 1.91. The van der Waals surface area contributed by atoms with Gasteiger partial charge in [0.1, 0.15) is 0 Å². The Balaban J connectivity index is 2.00. The summed E-state index contributed by atoms with van der Waals surface area (Å²) in [5, 5.41) is 10.2. The molecule has 0 radical (unpaired) electrons. The van der Waals surface area contributed by atoms with Crippen LogP contribution in [0.25, 0.3) is 0 Å². The zero-order chi connectivity index (χ0) is 15.2. The van der Waals surface area contributed by atoms with Gasteiger partial charge < -0.3 is 10.6 Å². The molecule has 110 valence electrons. The molecule has 3 rings (SSSR count). The Morgan fingerprint density at radius 3 is 2.90 bits per heavy atom. The molecule has 2 aliphatic heterocycles. The first-order valence-electron chi connectivity index (χ1n) is 7.21. The molecule has 0 bridgehead atoms. The van der Waals surface area contributed by atoms with Gasteiger partial charge in [-0.25, -0.2) is 0 Å². The van der Waals surface area contributed by atoms with Gasteiger partial charge >= 0.3 is 0 Å². The van der Waals surface area contributed by atoms with Crippen molar-refractivity contribution >= 4 is 17.5 Å². The number of amides is 1. The summed E-state index contributed by atoms with van der Waals surface area (Å²) in [7, 11) is 0. The second-order valence-electron chi connectivity index (χ2n) is 6.25. The molecule has 0 saturated carbocycles. The summed E-state index contributed by atoms with van der Waals surface area (Å²) < 4.78 is 0. The van der Waals surface area contributed by atoms with Crippen LogP contribution in [-0.2, 0) is 4.79 Å². The SMILES string of the molecule is CC1(C#N)C[C@@H](N)C(=O)N2[C@H](c3cccc(Cl)c3)CC[C@@H]21. The van der Waals surface area contributed by atoms with Gasteiger partial charge in [0.2, 0.25) is 5.91 Å². The molecule has 2 N–H and O–H groups in total. The average Bonchev–Trinajstić information content (AvgIpc) is 2.91. The highest BCUT2D eigenvalue weighted by Gasteiger charge is 2.53. The van der Waals surface area contributed by atoms with Gasteiger partial charge in [-0.3, -0.25) is 4.79 Å². The number of rotatable bonds is 1. The number of halogens is 1. The van der Waals surface area contributed by atoms with Gasteiger partial charge in [0.25, 0.3) is 0 Å². The maximum Gasteiger partial charge on any atom is 0.240 e. The Morgan fingerprint density at radius 1 is 1.48 bits per heavy atom. The number of benzene rings is 1. The van der Waals surface area contributed by atoms with Gasteiger partial charge in [-0.05, 0) is 43.9 Å². The summed E-state index contributed by atoms with van der Waals surface area (Å²) in [5.74, 6) is -0.0461. The van der Waals surface area contributed by atoms with Crippen LogP contribution in [0.5, 0.6) is 0 Å². The van der Waals surface area contributed by atoms with Gasteiger partial charge in [0.05, 0.1) is 29.6 Å². The fourth-order valence-corrected chi connectivity index (χ4v) is 3.98. The molecule has 0 aromatic heterocycles. The highest BCUT2D eigenvalue weighted by atomic mass is 35.5. The van der Waals surface area contributed by atoms with E-state index >= 15 is 0 Å². The smallest absolute Gasteiger partial charge is 0.240 e. The molecule has 0 aliphatic carbocycles. The van der Waals surface area contributed by atoms with Crippen LogP contribution in [0.15, 0.2) is 24.3 Å². The fraction of sp³-hybridized carbons (Fsp3) is 0.500. The van der Waals surface area contributed by atoms with Gasteiger partial charge in [0, 0.05) is 5.02 Å². The Hall–Kier alpha value is -1.57. The van der Waals surface area contributed by atoms with Crippen molar-refractivity contribution in [3.05, 3.63) is 34.9 Å². The number of fused-ring (bicyclic) bond motifs is 1. The maximum atomic E-state index is 12.5. The summed E-state index contributed by atoms with van der Waals surface area (Å²) in [5.41, 5.74) is 6.44. The number of nitriles is 1. The summed E-state index contributed by atoms with van der Waals surface area (Å²) >= 11 is 6.07. The zero-order valence-electron chi connectivity index (χ0n) is 11.9. The topological polar surface area (TPSA) is 70.1 Å². The molecule has 1 unspecified atom stereocenters. The van der Waals surface area contributed by atoms with Crippen molar-refractivity contribution in [2.45, 2.75) is 44.3 Å². The van der Waals surface area contributed by atoms with Crippen LogP contribution in [0.1, 0.15) is 37.8 Å². The summed E-state index contributed by atoms with van der Waals surface area (Å²) in [6, 6.07) is 9.30. The Kier molecular flexibility index (Phi) is 3.43. The van der Waals surface area contributed by atoms with Gasteiger partial charge in [0.15, 0.2) is 0 Å². The van der Waals surface area contributed by atoms with Crippen molar-refractivity contribution in [2.24, 2.45) is 11.1 Å². The van der Waals surface area contributed by atoms with Crippen molar-refractivity contribution in [3.63, 3.8) is 0 Å². The molecule has 2 saturated heterocycles. The standard InChI is InChI=1S/C16H18ClN3O/c1-16(9-18)8-12(19)15(21)20-13(5-6-14(16)20)10-3-2-4-11(17)7-10/h2-4,7,12-14H,5-6,8,19H2,1H3/t12-,13+,14-,16?/m1/s1. The molecule has 1 aromatic rings. The number of carbonyl (C=O) groups is 1. The lowest BCUT2D eigenvalue weighted by molar-refractivity contribution is -0.142. The Labute approximate surface area is 129 Å². The predicted octanol–water partition coefficient (Wildman–Crippen LogP) is 2.63. The van der Waals surface area contributed by atoms with Crippen molar-refractivity contribution in [2.75, 3.05) is 0 Å². The first kappa shape index (κ1) is 14.4. The van der Waals surface area contributed by atoms with Crippen molar-refractivity contribution in [1.82, 2.24) is 4.90 Å². The molecule has 5 heteroatoms. The van der Waals surface area contributed by atoms with E-state index in [0.29, 0.717) is 11.4 Å². The maximum absolute atomic E-state index is 12.5. The summed E-state index contributed by atoms with van der Waals surface area (Å²) in [4.78, 5) is 14.4. The van der Waals surface area contributed by atoms with E-state index in [0.717, 1.165) is 18.4 Å². The van der Waals surface area contributed by atoms with E-state index in [2.05, 4.69) is 6.07 Å². The van der Waals surface area contributed by atoms with Crippen LogP contribution in [-0.4, -0.2) is 22.9 Å². The van der Waals surface area contributed by atoms with Crippen molar-refractivity contribution < 1.29 is 4.79 Å². The highest BCUT2D eigenvalue weighted by Crippen LogP contribution is 2.48. The lowest BCUT2D eigenvalue weighted by atomic mass is 9.74. The predicted molar refractivity (Wildman–Crippen MR) is 80.4 cm³/mol. The number of hydrogen-bond donors (Lipinski definition) is 1. The largest absolute Gasteiger partial charge is 0.330 e. The van der Waals surface area contributed by atoms with Crippen molar-refractivity contribution in [3.8, 4) is 6.07 Å².